The van der Waals surface area contributed by atoms with E-state index in [1.54, 1.807) is 6.92 Å². The van der Waals surface area contributed by atoms with E-state index >= 15 is 0 Å². The van der Waals surface area contributed by atoms with E-state index in [1.807, 2.05) is 13.8 Å². The van der Waals surface area contributed by atoms with Gasteiger partial charge in [-0.1, -0.05) is 37.2 Å². The molecule has 2 aromatic rings. The second-order valence-corrected chi connectivity index (χ2v) is 14.7. The average molecular weight is 705 g/mol. The molecule has 1 aliphatic heterocycles. The van der Waals surface area contributed by atoms with Crippen LogP contribution in [0.3, 0.4) is 0 Å². The van der Waals surface area contributed by atoms with Gasteiger partial charge >= 0.3 is 5.97 Å². The SMILES string of the molecule is COC(=O)[C@@H](CC(C)C)NC(=O)[C@@H]1CCCN1C(=O)[C@@H](CC(=O)[C@H](CC/C=C/S(C)(=O)=O)NC(=O)c1cc(C)on1)Cc1ccc(F)cc1. The molecule has 1 aromatic heterocycles. The van der Waals surface area contributed by atoms with Gasteiger partial charge in [0.2, 0.25) is 11.8 Å². The van der Waals surface area contributed by atoms with E-state index in [-0.39, 0.29) is 43.8 Å². The average Bonchev–Trinajstić information content (AvgIpc) is 3.71. The lowest BCUT2D eigenvalue weighted by atomic mass is 9.89. The summed E-state index contributed by atoms with van der Waals surface area (Å²) < 4.78 is 46.7. The molecule has 0 saturated carbocycles. The van der Waals surface area contributed by atoms with Crippen LogP contribution in [0.25, 0.3) is 0 Å². The number of nitrogens with one attached hydrogen (secondary N) is 2. The van der Waals surface area contributed by atoms with Crippen LogP contribution in [-0.2, 0) is 40.2 Å². The number of ketones is 1. The number of likely N-dealkylation sites (tertiary alicyclic amines) is 1. The Balaban J connectivity index is 1.88. The molecule has 0 radical (unpaired) electrons. The van der Waals surface area contributed by atoms with Crippen LogP contribution in [0.2, 0.25) is 0 Å². The predicted octanol–water partition coefficient (Wildman–Crippen LogP) is 3.07. The van der Waals surface area contributed by atoms with Crippen molar-refractivity contribution in [1.82, 2.24) is 20.7 Å². The number of Topliss-reactive ketones (excluding diaryl/α,β-unsaturated/α-hetero) is 1. The third-order valence-electron chi connectivity index (χ3n) is 8.06. The van der Waals surface area contributed by atoms with Crippen LogP contribution in [-0.4, -0.2) is 86.0 Å². The molecule has 268 valence electrons. The third-order valence-corrected chi connectivity index (χ3v) is 8.75. The van der Waals surface area contributed by atoms with Crippen molar-refractivity contribution in [2.24, 2.45) is 11.8 Å². The fourth-order valence-corrected chi connectivity index (χ4v) is 6.18. The zero-order valence-electron chi connectivity index (χ0n) is 28.4. The number of carbonyl (C=O) groups excluding carboxylic acids is 5. The highest BCUT2D eigenvalue weighted by Gasteiger charge is 2.40. The summed E-state index contributed by atoms with van der Waals surface area (Å²) >= 11 is 0. The smallest absolute Gasteiger partial charge is 0.328 e. The number of halogens is 1. The minimum atomic E-state index is -3.43. The van der Waals surface area contributed by atoms with Crippen molar-refractivity contribution in [2.45, 2.75) is 83.8 Å². The Morgan fingerprint density at radius 2 is 1.82 bits per heavy atom. The van der Waals surface area contributed by atoms with E-state index in [0.29, 0.717) is 30.6 Å². The summed E-state index contributed by atoms with van der Waals surface area (Å²) in [4.78, 5) is 68.3. The van der Waals surface area contributed by atoms with Gasteiger partial charge in [0.1, 0.15) is 23.7 Å². The lowest BCUT2D eigenvalue weighted by Crippen LogP contribution is -2.53. The van der Waals surface area contributed by atoms with Crippen LogP contribution in [0.4, 0.5) is 4.39 Å². The number of hydrogen-bond donors (Lipinski definition) is 2. The summed E-state index contributed by atoms with van der Waals surface area (Å²) in [6.07, 6.45) is 3.40. The summed E-state index contributed by atoms with van der Waals surface area (Å²) in [6.45, 7) is 5.63. The van der Waals surface area contributed by atoms with Gasteiger partial charge in [0.15, 0.2) is 21.3 Å². The van der Waals surface area contributed by atoms with Crippen molar-refractivity contribution in [3.05, 3.63) is 64.7 Å². The Kier molecular flexibility index (Phi) is 14.2. The van der Waals surface area contributed by atoms with Crippen LogP contribution in [0.15, 0.2) is 46.3 Å². The molecule has 3 rings (SSSR count). The number of ether oxygens (including phenoxy) is 1. The number of hydrogen-bond acceptors (Lipinski definition) is 10. The van der Waals surface area contributed by atoms with E-state index < -0.39 is 69.2 Å². The van der Waals surface area contributed by atoms with Gasteiger partial charge in [-0.05, 0) is 69.1 Å². The Hall–Kier alpha value is -4.40. The minimum absolute atomic E-state index is 0.0183. The second-order valence-electron chi connectivity index (χ2n) is 12.7. The molecule has 0 bridgehead atoms. The van der Waals surface area contributed by atoms with Gasteiger partial charge in [0.05, 0.1) is 13.2 Å². The van der Waals surface area contributed by atoms with Gasteiger partial charge in [-0.2, -0.15) is 0 Å². The van der Waals surface area contributed by atoms with Crippen molar-refractivity contribution in [3.63, 3.8) is 0 Å². The van der Waals surface area contributed by atoms with Crippen molar-refractivity contribution >= 4 is 39.3 Å². The first-order valence-corrected chi connectivity index (χ1v) is 18.1. The van der Waals surface area contributed by atoms with E-state index in [9.17, 15) is 36.8 Å². The number of rotatable bonds is 17. The summed E-state index contributed by atoms with van der Waals surface area (Å²) in [5.41, 5.74) is 0.514. The molecule has 2 N–H and O–H groups in total. The summed E-state index contributed by atoms with van der Waals surface area (Å²) in [5, 5.41) is 10.1. The van der Waals surface area contributed by atoms with Crippen LogP contribution < -0.4 is 10.6 Å². The molecular formula is C34H45FN4O9S. The fraction of sp³-hybridized carbons (Fsp3) is 0.529. The Bertz CT molecular complexity index is 1620. The van der Waals surface area contributed by atoms with Gasteiger partial charge in [0.25, 0.3) is 5.91 Å². The van der Waals surface area contributed by atoms with Gasteiger partial charge in [-0.25, -0.2) is 17.6 Å². The molecule has 3 amide bonds. The lowest BCUT2D eigenvalue weighted by Gasteiger charge is -2.30. The molecule has 2 heterocycles. The maximum Gasteiger partial charge on any atom is 0.328 e. The van der Waals surface area contributed by atoms with Crippen molar-refractivity contribution in [3.8, 4) is 0 Å². The highest BCUT2D eigenvalue weighted by molar-refractivity contribution is 7.93. The molecule has 1 fully saturated rings. The molecule has 13 nitrogen and oxygen atoms in total. The Morgan fingerprint density at radius 3 is 2.41 bits per heavy atom. The maximum atomic E-state index is 14.2. The number of methoxy groups -OCH3 is 1. The number of sulfone groups is 1. The molecular weight excluding hydrogens is 659 g/mol. The van der Waals surface area contributed by atoms with Crippen LogP contribution >= 0.6 is 0 Å². The molecule has 15 heteroatoms. The number of esters is 1. The Labute approximate surface area is 285 Å². The number of benzene rings is 1. The van der Waals surface area contributed by atoms with Crippen molar-refractivity contribution in [2.75, 3.05) is 19.9 Å². The molecule has 0 spiro atoms. The lowest BCUT2D eigenvalue weighted by molar-refractivity contribution is -0.147. The molecule has 1 saturated heterocycles. The molecule has 0 aliphatic carbocycles. The summed E-state index contributed by atoms with van der Waals surface area (Å²) in [6, 6.07) is 3.95. The van der Waals surface area contributed by atoms with Gasteiger partial charge in [-0.3, -0.25) is 19.2 Å². The van der Waals surface area contributed by atoms with Crippen LogP contribution in [0.5, 0.6) is 0 Å². The van der Waals surface area contributed by atoms with Gasteiger partial charge in [-0.15, -0.1) is 0 Å². The number of amides is 3. The number of aromatic nitrogens is 1. The van der Waals surface area contributed by atoms with Crippen molar-refractivity contribution in [1.29, 1.82) is 0 Å². The zero-order valence-corrected chi connectivity index (χ0v) is 29.3. The standard InChI is InChI=1S/C34H45FN4O9S/c1-21(2)17-28(34(44)47-4)37-32(42)29-10-8-15-39(29)33(43)24(19-23-11-13-25(35)14-12-23)20-30(40)26(9-6-7-16-49(5,45)46)36-31(41)27-18-22(3)48-38-27/h7,11-14,16,18,21,24,26,28-29H,6,8-10,15,17,19-20H2,1-5H3,(H,36,41)(H,37,42)/b16-7+/t24-,26+,28-,29+/m1/s1. The summed E-state index contributed by atoms with van der Waals surface area (Å²) in [7, 11) is -2.20. The second kappa shape index (κ2) is 17.8. The van der Waals surface area contributed by atoms with E-state index in [4.69, 9.17) is 9.26 Å². The predicted molar refractivity (Wildman–Crippen MR) is 177 cm³/mol. The quantitative estimate of drug-likeness (QED) is 0.232. The fourth-order valence-electron chi connectivity index (χ4n) is 5.70. The molecule has 49 heavy (non-hydrogen) atoms. The molecule has 1 aromatic carbocycles. The van der Waals surface area contributed by atoms with Crippen LogP contribution in [0.1, 0.15) is 74.2 Å². The van der Waals surface area contributed by atoms with E-state index in [0.717, 1.165) is 11.7 Å². The van der Waals surface area contributed by atoms with Crippen molar-refractivity contribution < 1.29 is 46.0 Å². The first kappa shape index (κ1) is 39.0. The first-order chi connectivity index (χ1) is 23.1. The van der Waals surface area contributed by atoms with Gasteiger partial charge < -0.3 is 24.8 Å². The molecule has 1 aliphatic rings. The monoisotopic (exact) mass is 704 g/mol. The summed E-state index contributed by atoms with van der Waals surface area (Å²) in [5.74, 6) is -3.83. The highest BCUT2D eigenvalue weighted by atomic mass is 32.2. The topological polar surface area (TPSA) is 182 Å². The van der Waals surface area contributed by atoms with E-state index in [2.05, 4.69) is 15.8 Å². The zero-order chi connectivity index (χ0) is 36.3. The Morgan fingerprint density at radius 1 is 1.12 bits per heavy atom. The van der Waals surface area contributed by atoms with E-state index in [1.165, 1.54) is 48.4 Å². The number of carbonyl (C=O) groups is 5. The highest BCUT2D eigenvalue weighted by Crippen LogP contribution is 2.25. The largest absolute Gasteiger partial charge is 0.467 e. The van der Waals surface area contributed by atoms with Gasteiger partial charge in [0, 0.05) is 36.6 Å². The number of allylic oxidation sites excluding steroid dienone is 1. The molecule has 4 atom stereocenters. The normalized spacial score (nSPS) is 16.7. The molecule has 0 unspecified atom stereocenters. The first-order valence-electron chi connectivity index (χ1n) is 16.1. The van der Waals surface area contributed by atoms with Crippen LogP contribution in [0, 0.1) is 24.6 Å². The minimum Gasteiger partial charge on any atom is -0.467 e. The number of nitrogens with zero attached hydrogens (tertiary/aromatic N) is 2. The third kappa shape index (κ3) is 12.2. The maximum absolute atomic E-state index is 14.2. The number of aryl methyl sites for hydroxylation is 1.